The van der Waals surface area contributed by atoms with Gasteiger partial charge in [0.1, 0.15) is 12.2 Å². The van der Waals surface area contributed by atoms with E-state index in [4.69, 9.17) is 0 Å². The lowest BCUT2D eigenvalue weighted by Crippen LogP contribution is -2.52. The van der Waals surface area contributed by atoms with E-state index >= 15 is 0 Å². The fourth-order valence-electron chi connectivity index (χ4n) is 4.49. The highest BCUT2D eigenvalue weighted by atomic mass is 79.9. The van der Waals surface area contributed by atoms with Crippen LogP contribution in [0, 0.1) is 20.8 Å². The molecule has 1 aliphatic heterocycles. The quantitative estimate of drug-likeness (QED) is 0.328. The third-order valence-electron chi connectivity index (χ3n) is 6.49. The molecule has 0 bridgehead atoms. The van der Waals surface area contributed by atoms with Gasteiger partial charge in [0.05, 0.1) is 41.1 Å². The van der Waals surface area contributed by atoms with Crippen molar-refractivity contribution in [1.82, 2.24) is 34.6 Å². The standard InChI is InChI=1S/C26H25Br2N7O2/c1-16-5-4-6-22(25(16)28)34-14-20(29-31-34)13-32-11-12-33(15-23(32)36)26(37)24-17(2)30-35(18(24)3)21-9-7-19(27)8-10-21/h4-10,14H,11-13,15H2,1-3H3. The van der Waals surface area contributed by atoms with Gasteiger partial charge in [-0.25, -0.2) is 9.36 Å². The molecule has 4 aromatic rings. The highest BCUT2D eigenvalue weighted by Crippen LogP contribution is 2.25. The van der Waals surface area contributed by atoms with E-state index in [1.807, 2.05) is 69.4 Å². The number of rotatable bonds is 5. The normalized spacial score (nSPS) is 13.9. The van der Waals surface area contributed by atoms with Gasteiger partial charge >= 0.3 is 0 Å². The van der Waals surface area contributed by atoms with E-state index in [0.717, 1.165) is 31.6 Å². The predicted molar refractivity (Wildman–Crippen MR) is 146 cm³/mol. The largest absolute Gasteiger partial charge is 0.333 e. The summed E-state index contributed by atoms with van der Waals surface area (Å²) in [6.45, 7) is 6.92. The maximum absolute atomic E-state index is 13.4. The highest BCUT2D eigenvalue weighted by molar-refractivity contribution is 9.10. The van der Waals surface area contributed by atoms with E-state index in [1.165, 1.54) is 0 Å². The second-order valence-corrected chi connectivity index (χ2v) is 10.7. The molecule has 0 atom stereocenters. The van der Waals surface area contributed by atoms with Crippen LogP contribution in [-0.2, 0) is 11.3 Å². The summed E-state index contributed by atoms with van der Waals surface area (Å²) >= 11 is 7.05. The number of benzene rings is 2. The first-order valence-electron chi connectivity index (χ1n) is 11.8. The van der Waals surface area contributed by atoms with Crippen molar-refractivity contribution in [3.63, 3.8) is 0 Å². The van der Waals surface area contributed by atoms with E-state index in [2.05, 4.69) is 47.3 Å². The van der Waals surface area contributed by atoms with Crippen LogP contribution in [0.25, 0.3) is 11.4 Å². The third-order valence-corrected chi connectivity index (χ3v) is 8.05. The van der Waals surface area contributed by atoms with Gasteiger partial charge in [-0.15, -0.1) is 5.10 Å². The van der Waals surface area contributed by atoms with Gasteiger partial charge < -0.3 is 9.80 Å². The van der Waals surface area contributed by atoms with Crippen molar-refractivity contribution in [2.24, 2.45) is 0 Å². The van der Waals surface area contributed by atoms with E-state index in [9.17, 15) is 9.59 Å². The zero-order chi connectivity index (χ0) is 26.3. The Morgan fingerprint density at radius 1 is 1.03 bits per heavy atom. The molecule has 5 rings (SSSR count). The number of piperazine rings is 1. The van der Waals surface area contributed by atoms with Crippen LogP contribution < -0.4 is 0 Å². The van der Waals surface area contributed by atoms with Gasteiger partial charge in [-0.3, -0.25) is 9.59 Å². The Labute approximate surface area is 231 Å². The van der Waals surface area contributed by atoms with Crippen LogP contribution in [0.5, 0.6) is 0 Å². The van der Waals surface area contributed by atoms with Crippen molar-refractivity contribution in [2.45, 2.75) is 27.3 Å². The molecule has 0 N–H and O–H groups in total. The van der Waals surface area contributed by atoms with Crippen molar-refractivity contribution in [2.75, 3.05) is 19.6 Å². The number of carbonyl (C=O) groups is 2. The summed E-state index contributed by atoms with van der Waals surface area (Å²) < 4.78 is 5.38. The van der Waals surface area contributed by atoms with Crippen LogP contribution in [-0.4, -0.2) is 66.0 Å². The highest BCUT2D eigenvalue weighted by Gasteiger charge is 2.31. The number of carbonyl (C=O) groups excluding carboxylic acids is 2. The average Bonchev–Trinajstić information content (AvgIpc) is 3.46. The zero-order valence-corrected chi connectivity index (χ0v) is 23.8. The van der Waals surface area contributed by atoms with Crippen molar-refractivity contribution >= 4 is 43.7 Å². The maximum Gasteiger partial charge on any atom is 0.258 e. The number of hydrogen-bond donors (Lipinski definition) is 0. The molecular weight excluding hydrogens is 602 g/mol. The van der Waals surface area contributed by atoms with E-state index in [0.29, 0.717) is 36.6 Å². The van der Waals surface area contributed by atoms with E-state index < -0.39 is 0 Å². The minimum Gasteiger partial charge on any atom is -0.333 e. The Morgan fingerprint density at radius 2 is 1.78 bits per heavy atom. The topological polar surface area (TPSA) is 89.2 Å². The lowest BCUT2D eigenvalue weighted by Gasteiger charge is -2.34. The number of nitrogens with zero attached hydrogens (tertiary/aromatic N) is 7. The lowest BCUT2D eigenvalue weighted by molar-refractivity contribution is -0.135. The van der Waals surface area contributed by atoms with Crippen LogP contribution in [0.2, 0.25) is 0 Å². The Hall–Kier alpha value is -3.31. The molecule has 190 valence electrons. The minimum absolute atomic E-state index is 0.0126. The molecule has 37 heavy (non-hydrogen) atoms. The molecule has 2 aromatic heterocycles. The number of halogens is 2. The van der Waals surface area contributed by atoms with Gasteiger partial charge in [-0.05, 0) is 72.6 Å². The van der Waals surface area contributed by atoms with E-state index in [-0.39, 0.29) is 18.4 Å². The smallest absolute Gasteiger partial charge is 0.258 e. The number of aryl methyl sites for hydroxylation is 2. The molecule has 3 heterocycles. The summed E-state index contributed by atoms with van der Waals surface area (Å²) in [5.74, 6) is -0.303. The van der Waals surface area contributed by atoms with Gasteiger partial charge in [0.25, 0.3) is 5.91 Å². The molecule has 2 amide bonds. The van der Waals surface area contributed by atoms with Crippen LogP contribution in [0.15, 0.2) is 57.6 Å². The summed E-state index contributed by atoms with van der Waals surface area (Å²) in [5, 5.41) is 13.1. The Morgan fingerprint density at radius 3 is 2.51 bits per heavy atom. The lowest BCUT2D eigenvalue weighted by atomic mass is 10.1. The summed E-state index contributed by atoms with van der Waals surface area (Å²) in [4.78, 5) is 29.7. The molecule has 1 saturated heterocycles. The Bertz CT molecular complexity index is 1490. The van der Waals surface area contributed by atoms with Crippen LogP contribution in [0.1, 0.15) is 33.0 Å². The maximum atomic E-state index is 13.4. The molecule has 0 radical (unpaired) electrons. The summed E-state index contributed by atoms with van der Waals surface area (Å²) in [7, 11) is 0. The first-order chi connectivity index (χ1) is 17.7. The Kier molecular flexibility index (Phi) is 7.00. The second-order valence-electron chi connectivity index (χ2n) is 9.04. The number of aromatic nitrogens is 5. The average molecular weight is 627 g/mol. The monoisotopic (exact) mass is 625 g/mol. The van der Waals surface area contributed by atoms with E-state index in [1.54, 1.807) is 19.2 Å². The molecule has 0 saturated carbocycles. The fraction of sp³-hybridized carbons (Fsp3) is 0.269. The molecule has 11 heteroatoms. The molecule has 1 aliphatic rings. The van der Waals surface area contributed by atoms with Crippen molar-refractivity contribution in [1.29, 1.82) is 0 Å². The first kappa shape index (κ1) is 25.3. The van der Waals surface area contributed by atoms with Crippen LogP contribution in [0.4, 0.5) is 0 Å². The summed E-state index contributed by atoms with van der Waals surface area (Å²) in [6.07, 6.45) is 1.83. The fourth-order valence-corrected chi connectivity index (χ4v) is 5.20. The van der Waals surface area contributed by atoms with Crippen LogP contribution >= 0.6 is 31.9 Å². The molecule has 0 unspecified atom stereocenters. The van der Waals surface area contributed by atoms with Gasteiger partial charge in [0, 0.05) is 22.0 Å². The van der Waals surface area contributed by atoms with Gasteiger partial charge in [0.2, 0.25) is 5.91 Å². The summed E-state index contributed by atoms with van der Waals surface area (Å²) in [5.41, 5.74) is 5.46. The molecule has 9 nitrogen and oxygen atoms in total. The molecule has 0 spiro atoms. The summed E-state index contributed by atoms with van der Waals surface area (Å²) in [6, 6.07) is 13.7. The van der Waals surface area contributed by atoms with Crippen LogP contribution in [0.3, 0.4) is 0 Å². The van der Waals surface area contributed by atoms with Crippen molar-refractivity contribution in [3.05, 3.63) is 85.8 Å². The van der Waals surface area contributed by atoms with Gasteiger partial charge in [0.15, 0.2) is 0 Å². The minimum atomic E-state index is -0.179. The van der Waals surface area contributed by atoms with Gasteiger partial charge in [-0.2, -0.15) is 5.10 Å². The van der Waals surface area contributed by atoms with Crippen molar-refractivity contribution < 1.29 is 9.59 Å². The van der Waals surface area contributed by atoms with Crippen molar-refractivity contribution in [3.8, 4) is 11.4 Å². The second kappa shape index (κ2) is 10.2. The van der Waals surface area contributed by atoms with Gasteiger partial charge in [-0.1, -0.05) is 33.3 Å². The number of hydrogen-bond acceptors (Lipinski definition) is 5. The number of amides is 2. The predicted octanol–water partition coefficient (Wildman–Crippen LogP) is 4.39. The molecule has 1 fully saturated rings. The molecule has 2 aromatic carbocycles. The molecular formula is C26H25Br2N7O2. The third kappa shape index (κ3) is 4.97. The Balaban J connectivity index is 1.27. The molecule has 0 aliphatic carbocycles. The SMILES string of the molecule is Cc1cccc(-n2cc(CN3CCN(C(=O)c4c(C)nn(-c5ccc(Br)cc5)c4C)CC3=O)nn2)c1Br. The first-order valence-corrected chi connectivity index (χ1v) is 13.4. The zero-order valence-electron chi connectivity index (χ0n) is 20.7.